The third-order valence-corrected chi connectivity index (χ3v) is 4.45. The van der Waals surface area contributed by atoms with Crippen LogP contribution in [-0.2, 0) is 20.7 Å². The summed E-state index contributed by atoms with van der Waals surface area (Å²) in [6.07, 6.45) is 2.87. The molecule has 5 heteroatoms. The average Bonchev–Trinajstić information content (AvgIpc) is 2.52. The number of hydrogen-bond donors (Lipinski definition) is 0. The van der Waals surface area contributed by atoms with E-state index >= 15 is 0 Å². The molecule has 0 spiro atoms. The van der Waals surface area contributed by atoms with Crippen molar-refractivity contribution in [3.63, 3.8) is 0 Å². The van der Waals surface area contributed by atoms with Crippen LogP contribution in [0.15, 0.2) is 18.2 Å². The van der Waals surface area contributed by atoms with Gasteiger partial charge < -0.3 is 9.47 Å². The van der Waals surface area contributed by atoms with Crippen molar-refractivity contribution in [2.75, 3.05) is 18.1 Å². The molecule has 24 heavy (non-hydrogen) atoms. The van der Waals surface area contributed by atoms with Crippen molar-refractivity contribution in [2.24, 2.45) is 0 Å². The molecular weight excluding hydrogens is 306 g/mol. The zero-order chi connectivity index (χ0) is 17.3. The minimum absolute atomic E-state index is 0.126. The standard InChI is InChI=1S/C19H25NO4/c1-19(2,3)24-18(22)20-9-4-5-15-11-13(6-7-16(15)20)14-8-10-23-17(21)12-14/h6-7,11,14H,4-5,8-10,12H2,1-3H3. The molecule has 5 nitrogen and oxygen atoms in total. The van der Waals surface area contributed by atoms with E-state index in [0.29, 0.717) is 19.6 Å². The van der Waals surface area contributed by atoms with Gasteiger partial charge >= 0.3 is 12.1 Å². The summed E-state index contributed by atoms with van der Waals surface area (Å²) in [7, 11) is 0. The number of cyclic esters (lactones) is 1. The summed E-state index contributed by atoms with van der Waals surface area (Å²) in [4.78, 5) is 25.7. The number of benzene rings is 1. The van der Waals surface area contributed by atoms with Crippen molar-refractivity contribution < 1.29 is 19.1 Å². The van der Waals surface area contributed by atoms with E-state index in [2.05, 4.69) is 6.07 Å². The number of carbonyl (C=O) groups is 2. The summed E-state index contributed by atoms with van der Waals surface area (Å²) in [5.41, 5.74) is 2.74. The zero-order valence-corrected chi connectivity index (χ0v) is 14.6. The van der Waals surface area contributed by atoms with E-state index in [1.54, 1.807) is 4.90 Å². The number of fused-ring (bicyclic) bond motifs is 1. The Labute approximate surface area is 142 Å². The number of nitrogens with zero attached hydrogens (tertiary/aromatic N) is 1. The van der Waals surface area contributed by atoms with Gasteiger partial charge in [0.15, 0.2) is 0 Å². The summed E-state index contributed by atoms with van der Waals surface area (Å²) in [5, 5.41) is 0. The van der Waals surface area contributed by atoms with Crippen LogP contribution in [0.1, 0.15) is 57.1 Å². The number of hydrogen-bond acceptors (Lipinski definition) is 4. The van der Waals surface area contributed by atoms with Gasteiger partial charge in [-0.1, -0.05) is 12.1 Å². The predicted molar refractivity (Wildman–Crippen MR) is 91.3 cm³/mol. The maximum absolute atomic E-state index is 12.4. The van der Waals surface area contributed by atoms with Crippen LogP contribution in [0, 0.1) is 0 Å². The number of aryl methyl sites for hydroxylation is 1. The van der Waals surface area contributed by atoms with Crippen molar-refractivity contribution >= 4 is 17.7 Å². The highest BCUT2D eigenvalue weighted by molar-refractivity contribution is 5.89. The van der Waals surface area contributed by atoms with E-state index in [1.165, 1.54) is 0 Å². The van der Waals surface area contributed by atoms with Crippen molar-refractivity contribution in [3.05, 3.63) is 29.3 Å². The van der Waals surface area contributed by atoms with Gasteiger partial charge in [0.05, 0.1) is 18.7 Å². The Kier molecular flexibility index (Phi) is 4.52. The molecule has 0 aliphatic carbocycles. The Bertz CT molecular complexity index is 647. The second kappa shape index (κ2) is 6.46. The normalized spacial score (nSPS) is 21.0. The fourth-order valence-corrected chi connectivity index (χ4v) is 3.34. The molecule has 1 amide bonds. The lowest BCUT2D eigenvalue weighted by Crippen LogP contribution is -2.39. The molecule has 130 valence electrons. The second-order valence-corrected chi connectivity index (χ2v) is 7.53. The van der Waals surface area contributed by atoms with Gasteiger partial charge in [0, 0.05) is 6.54 Å². The molecule has 1 aromatic rings. The number of esters is 1. The molecule has 1 saturated heterocycles. The van der Waals surface area contributed by atoms with Crippen molar-refractivity contribution in [3.8, 4) is 0 Å². The highest BCUT2D eigenvalue weighted by atomic mass is 16.6. The zero-order valence-electron chi connectivity index (χ0n) is 14.6. The van der Waals surface area contributed by atoms with E-state index in [0.717, 1.165) is 36.1 Å². The molecule has 1 fully saturated rings. The van der Waals surface area contributed by atoms with Crippen LogP contribution in [0.5, 0.6) is 0 Å². The quantitative estimate of drug-likeness (QED) is 0.735. The Morgan fingerprint density at radius 1 is 1.33 bits per heavy atom. The molecule has 2 heterocycles. The van der Waals surface area contributed by atoms with Crippen LogP contribution in [-0.4, -0.2) is 30.8 Å². The van der Waals surface area contributed by atoms with Gasteiger partial charge in [-0.15, -0.1) is 0 Å². The Morgan fingerprint density at radius 3 is 2.83 bits per heavy atom. The molecule has 3 rings (SSSR count). The Hall–Kier alpha value is -2.04. The fourth-order valence-electron chi connectivity index (χ4n) is 3.34. The van der Waals surface area contributed by atoms with Crippen molar-refractivity contribution in [2.45, 2.75) is 58.0 Å². The predicted octanol–water partition coefficient (Wildman–Crippen LogP) is 3.79. The molecule has 2 aliphatic rings. The molecule has 2 aliphatic heterocycles. The number of ether oxygens (including phenoxy) is 2. The lowest BCUT2D eigenvalue weighted by Gasteiger charge is -2.32. The number of carbonyl (C=O) groups excluding carboxylic acids is 2. The lowest BCUT2D eigenvalue weighted by atomic mass is 9.88. The van der Waals surface area contributed by atoms with Gasteiger partial charge in [-0.2, -0.15) is 0 Å². The van der Waals surface area contributed by atoms with Crippen LogP contribution in [0.3, 0.4) is 0 Å². The molecule has 0 aromatic heterocycles. The highest BCUT2D eigenvalue weighted by Gasteiger charge is 2.29. The minimum Gasteiger partial charge on any atom is -0.466 e. The van der Waals surface area contributed by atoms with E-state index in [-0.39, 0.29) is 18.0 Å². The van der Waals surface area contributed by atoms with Gasteiger partial charge in [-0.25, -0.2) is 4.79 Å². The fraction of sp³-hybridized carbons (Fsp3) is 0.579. The largest absolute Gasteiger partial charge is 0.466 e. The SMILES string of the molecule is CC(C)(C)OC(=O)N1CCCc2cc(C3CCOC(=O)C3)ccc21. The number of rotatable bonds is 1. The second-order valence-electron chi connectivity index (χ2n) is 7.53. The third-order valence-electron chi connectivity index (χ3n) is 4.45. The van der Waals surface area contributed by atoms with Crippen LogP contribution in [0.25, 0.3) is 0 Å². The maximum atomic E-state index is 12.4. The molecular formula is C19H25NO4. The summed E-state index contributed by atoms with van der Waals surface area (Å²) < 4.78 is 10.5. The van der Waals surface area contributed by atoms with E-state index in [9.17, 15) is 9.59 Å². The molecule has 1 unspecified atom stereocenters. The molecule has 1 aromatic carbocycles. The summed E-state index contributed by atoms with van der Waals surface area (Å²) in [5.74, 6) is 0.0906. The van der Waals surface area contributed by atoms with Gasteiger partial charge in [0.2, 0.25) is 0 Å². The van der Waals surface area contributed by atoms with Gasteiger partial charge in [0.25, 0.3) is 0 Å². The molecule has 1 atom stereocenters. The molecule has 0 bridgehead atoms. The first-order valence-electron chi connectivity index (χ1n) is 8.62. The van der Waals surface area contributed by atoms with Crippen LogP contribution in [0.2, 0.25) is 0 Å². The smallest absolute Gasteiger partial charge is 0.414 e. The first kappa shape index (κ1) is 16.8. The van der Waals surface area contributed by atoms with Crippen molar-refractivity contribution in [1.82, 2.24) is 0 Å². The van der Waals surface area contributed by atoms with E-state index < -0.39 is 5.60 Å². The van der Waals surface area contributed by atoms with Gasteiger partial charge in [-0.05, 0) is 63.1 Å². The van der Waals surface area contributed by atoms with Gasteiger partial charge in [0.1, 0.15) is 5.60 Å². The third kappa shape index (κ3) is 3.71. The summed E-state index contributed by atoms with van der Waals surface area (Å²) in [6.45, 7) is 6.80. The molecule has 0 N–H and O–H groups in total. The molecule has 0 saturated carbocycles. The number of anilines is 1. The van der Waals surface area contributed by atoms with Gasteiger partial charge in [-0.3, -0.25) is 9.69 Å². The summed E-state index contributed by atoms with van der Waals surface area (Å²) >= 11 is 0. The maximum Gasteiger partial charge on any atom is 0.414 e. The van der Waals surface area contributed by atoms with E-state index in [1.807, 2.05) is 32.9 Å². The van der Waals surface area contributed by atoms with Crippen LogP contribution < -0.4 is 4.90 Å². The Morgan fingerprint density at radius 2 is 2.12 bits per heavy atom. The first-order chi connectivity index (χ1) is 11.3. The minimum atomic E-state index is -0.503. The summed E-state index contributed by atoms with van der Waals surface area (Å²) in [6, 6.07) is 6.17. The Balaban J connectivity index is 1.82. The average molecular weight is 331 g/mol. The van der Waals surface area contributed by atoms with Crippen molar-refractivity contribution in [1.29, 1.82) is 0 Å². The first-order valence-corrected chi connectivity index (χ1v) is 8.62. The van der Waals surface area contributed by atoms with Crippen LogP contribution >= 0.6 is 0 Å². The van der Waals surface area contributed by atoms with Crippen LogP contribution in [0.4, 0.5) is 10.5 Å². The van der Waals surface area contributed by atoms with E-state index in [4.69, 9.17) is 9.47 Å². The lowest BCUT2D eigenvalue weighted by molar-refractivity contribution is -0.147. The number of amides is 1. The highest BCUT2D eigenvalue weighted by Crippen LogP contribution is 2.34. The molecule has 0 radical (unpaired) electrons. The monoisotopic (exact) mass is 331 g/mol. The topological polar surface area (TPSA) is 55.8 Å².